The summed E-state index contributed by atoms with van der Waals surface area (Å²) in [5.74, 6) is 0.447. The fraction of sp³-hybridized carbons (Fsp3) is 0.615. The predicted octanol–water partition coefficient (Wildman–Crippen LogP) is 1.76. The molecule has 1 aliphatic rings. The zero-order valence-corrected chi connectivity index (χ0v) is 10.6. The normalized spacial score (nSPS) is 18.1. The van der Waals surface area contributed by atoms with Gasteiger partial charge in [-0.2, -0.15) is 5.26 Å². The fourth-order valence-electron chi connectivity index (χ4n) is 2.47. The molecule has 2 rings (SSSR count). The van der Waals surface area contributed by atoms with E-state index in [1.54, 1.807) is 6.07 Å². The van der Waals surface area contributed by atoms with Crippen LogP contribution in [-0.4, -0.2) is 27.2 Å². The standard InChI is InChI=1S/C13H18N4O/c1-10-7-11(8-14)16-12(15-10)17-13(9-18)5-3-2-4-6-13/h7,18H,2-6,9H2,1H3,(H,15,16,17). The van der Waals surface area contributed by atoms with Gasteiger partial charge in [0.1, 0.15) is 11.8 Å². The summed E-state index contributed by atoms with van der Waals surface area (Å²) < 4.78 is 0. The maximum Gasteiger partial charge on any atom is 0.224 e. The lowest BCUT2D eigenvalue weighted by Crippen LogP contribution is -2.44. The van der Waals surface area contributed by atoms with Crippen LogP contribution in [0.2, 0.25) is 0 Å². The lowest BCUT2D eigenvalue weighted by molar-refractivity contribution is 0.172. The van der Waals surface area contributed by atoms with Crippen LogP contribution in [0.4, 0.5) is 5.95 Å². The van der Waals surface area contributed by atoms with E-state index in [0.717, 1.165) is 31.4 Å². The van der Waals surface area contributed by atoms with Gasteiger partial charge in [-0.1, -0.05) is 19.3 Å². The van der Waals surface area contributed by atoms with Gasteiger partial charge in [0.05, 0.1) is 12.1 Å². The Bertz CT molecular complexity index is 461. The summed E-state index contributed by atoms with van der Waals surface area (Å²) in [5, 5.41) is 21.7. The number of rotatable bonds is 3. The van der Waals surface area contributed by atoms with Crippen molar-refractivity contribution in [2.24, 2.45) is 0 Å². The van der Waals surface area contributed by atoms with Crippen LogP contribution in [0.3, 0.4) is 0 Å². The van der Waals surface area contributed by atoms with Crippen LogP contribution in [0, 0.1) is 18.3 Å². The van der Waals surface area contributed by atoms with E-state index < -0.39 is 0 Å². The maximum atomic E-state index is 9.62. The second-order valence-corrected chi connectivity index (χ2v) is 4.95. The molecule has 1 heterocycles. The average molecular weight is 246 g/mol. The summed E-state index contributed by atoms with van der Waals surface area (Å²) in [5.41, 5.74) is 0.792. The molecular weight excluding hydrogens is 228 g/mol. The molecule has 2 N–H and O–H groups in total. The number of aliphatic hydroxyl groups excluding tert-OH is 1. The Labute approximate surface area is 107 Å². The number of aryl methyl sites for hydroxylation is 1. The Morgan fingerprint density at radius 1 is 1.39 bits per heavy atom. The van der Waals surface area contributed by atoms with E-state index in [4.69, 9.17) is 5.26 Å². The number of nitriles is 1. The second-order valence-electron chi connectivity index (χ2n) is 4.95. The van der Waals surface area contributed by atoms with E-state index in [-0.39, 0.29) is 12.1 Å². The highest BCUT2D eigenvalue weighted by Gasteiger charge is 2.32. The molecule has 1 aliphatic carbocycles. The van der Waals surface area contributed by atoms with E-state index >= 15 is 0 Å². The summed E-state index contributed by atoms with van der Waals surface area (Å²) >= 11 is 0. The van der Waals surface area contributed by atoms with E-state index in [9.17, 15) is 5.11 Å². The maximum absolute atomic E-state index is 9.62. The Balaban J connectivity index is 2.21. The van der Waals surface area contributed by atoms with Gasteiger partial charge in [-0.15, -0.1) is 0 Å². The molecule has 5 heteroatoms. The first-order valence-corrected chi connectivity index (χ1v) is 6.32. The van der Waals surface area contributed by atoms with E-state index in [1.807, 2.05) is 13.0 Å². The zero-order chi connectivity index (χ0) is 13.0. The Hall–Kier alpha value is -1.67. The minimum absolute atomic E-state index is 0.0756. The van der Waals surface area contributed by atoms with E-state index in [0.29, 0.717) is 11.6 Å². The lowest BCUT2D eigenvalue weighted by atomic mass is 9.82. The highest BCUT2D eigenvalue weighted by atomic mass is 16.3. The van der Waals surface area contributed by atoms with Crippen molar-refractivity contribution in [3.05, 3.63) is 17.5 Å². The molecule has 0 aliphatic heterocycles. The van der Waals surface area contributed by atoms with Gasteiger partial charge in [0.15, 0.2) is 0 Å². The Morgan fingerprint density at radius 3 is 2.72 bits per heavy atom. The highest BCUT2D eigenvalue weighted by Crippen LogP contribution is 2.30. The van der Waals surface area contributed by atoms with Crippen LogP contribution < -0.4 is 5.32 Å². The zero-order valence-electron chi connectivity index (χ0n) is 10.6. The quantitative estimate of drug-likeness (QED) is 0.849. The largest absolute Gasteiger partial charge is 0.394 e. The molecule has 1 aromatic rings. The first kappa shape index (κ1) is 12.8. The van der Waals surface area contributed by atoms with E-state index in [1.165, 1.54) is 6.42 Å². The van der Waals surface area contributed by atoms with Crippen molar-refractivity contribution in [1.29, 1.82) is 5.26 Å². The molecule has 5 nitrogen and oxygen atoms in total. The molecule has 1 saturated carbocycles. The molecule has 0 amide bonds. The molecule has 0 radical (unpaired) electrons. The van der Waals surface area contributed by atoms with Gasteiger partial charge in [-0.05, 0) is 25.8 Å². The van der Waals surface area contributed by atoms with Crippen LogP contribution in [-0.2, 0) is 0 Å². The minimum Gasteiger partial charge on any atom is -0.394 e. The van der Waals surface area contributed by atoms with Crippen LogP contribution >= 0.6 is 0 Å². The molecule has 0 spiro atoms. The molecule has 1 fully saturated rings. The topological polar surface area (TPSA) is 81.8 Å². The highest BCUT2D eigenvalue weighted by molar-refractivity contribution is 5.36. The molecule has 96 valence electrons. The average Bonchev–Trinajstić information content (AvgIpc) is 2.39. The number of nitrogens with zero attached hydrogens (tertiary/aromatic N) is 3. The predicted molar refractivity (Wildman–Crippen MR) is 68.0 cm³/mol. The van der Waals surface area contributed by atoms with Crippen molar-refractivity contribution >= 4 is 5.95 Å². The summed E-state index contributed by atoms with van der Waals surface area (Å²) in [4.78, 5) is 8.43. The summed E-state index contributed by atoms with van der Waals surface area (Å²) in [6, 6.07) is 3.67. The van der Waals surface area contributed by atoms with Gasteiger partial charge in [-0.25, -0.2) is 9.97 Å². The van der Waals surface area contributed by atoms with Crippen molar-refractivity contribution in [3.63, 3.8) is 0 Å². The smallest absolute Gasteiger partial charge is 0.224 e. The van der Waals surface area contributed by atoms with Crippen molar-refractivity contribution in [2.75, 3.05) is 11.9 Å². The third-order valence-corrected chi connectivity index (χ3v) is 3.46. The Morgan fingerprint density at radius 2 is 2.11 bits per heavy atom. The number of hydrogen-bond donors (Lipinski definition) is 2. The lowest BCUT2D eigenvalue weighted by Gasteiger charge is -2.36. The number of aliphatic hydroxyl groups is 1. The molecule has 0 saturated heterocycles. The minimum atomic E-state index is -0.321. The molecule has 18 heavy (non-hydrogen) atoms. The van der Waals surface area contributed by atoms with Crippen molar-refractivity contribution in [3.8, 4) is 6.07 Å². The van der Waals surface area contributed by atoms with Crippen molar-refractivity contribution < 1.29 is 5.11 Å². The summed E-state index contributed by atoms with van der Waals surface area (Å²) in [6.07, 6.45) is 5.25. The molecule has 0 unspecified atom stereocenters. The van der Waals surface area contributed by atoms with Crippen molar-refractivity contribution in [1.82, 2.24) is 9.97 Å². The van der Waals surface area contributed by atoms with Crippen LogP contribution in [0.15, 0.2) is 6.07 Å². The third-order valence-electron chi connectivity index (χ3n) is 3.46. The fourth-order valence-corrected chi connectivity index (χ4v) is 2.47. The van der Waals surface area contributed by atoms with Gasteiger partial charge in [-0.3, -0.25) is 0 Å². The van der Waals surface area contributed by atoms with Gasteiger partial charge >= 0.3 is 0 Å². The third kappa shape index (κ3) is 2.77. The number of aromatic nitrogens is 2. The monoisotopic (exact) mass is 246 g/mol. The molecule has 0 bridgehead atoms. The number of hydrogen-bond acceptors (Lipinski definition) is 5. The molecular formula is C13H18N4O. The Kier molecular flexibility index (Phi) is 3.78. The molecule has 0 aromatic carbocycles. The second kappa shape index (κ2) is 5.32. The number of anilines is 1. The SMILES string of the molecule is Cc1cc(C#N)nc(NC2(CO)CCCCC2)n1. The number of nitrogens with one attached hydrogen (secondary N) is 1. The van der Waals surface area contributed by atoms with Crippen LogP contribution in [0.5, 0.6) is 0 Å². The van der Waals surface area contributed by atoms with Gasteiger partial charge < -0.3 is 10.4 Å². The molecule has 1 aromatic heterocycles. The molecule has 0 atom stereocenters. The van der Waals surface area contributed by atoms with E-state index in [2.05, 4.69) is 15.3 Å². The van der Waals surface area contributed by atoms with Gasteiger partial charge in [0.2, 0.25) is 5.95 Å². The van der Waals surface area contributed by atoms with Crippen LogP contribution in [0.1, 0.15) is 43.5 Å². The summed E-state index contributed by atoms with van der Waals surface area (Å²) in [7, 11) is 0. The van der Waals surface area contributed by atoms with Crippen LogP contribution in [0.25, 0.3) is 0 Å². The van der Waals surface area contributed by atoms with Gasteiger partial charge in [0.25, 0.3) is 0 Å². The van der Waals surface area contributed by atoms with Crippen molar-refractivity contribution in [2.45, 2.75) is 44.6 Å². The van der Waals surface area contributed by atoms with Gasteiger partial charge in [0, 0.05) is 5.69 Å². The first-order valence-electron chi connectivity index (χ1n) is 6.32. The summed E-state index contributed by atoms with van der Waals surface area (Å²) in [6.45, 7) is 1.91. The first-order chi connectivity index (χ1) is 8.67.